The fourth-order valence-corrected chi connectivity index (χ4v) is 1.89. The van der Waals surface area contributed by atoms with Crippen molar-refractivity contribution in [2.75, 3.05) is 6.54 Å². The van der Waals surface area contributed by atoms with E-state index in [0.717, 1.165) is 13.0 Å². The summed E-state index contributed by atoms with van der Waals surface area (Å²) in [6, 6.07) is -0.0118. The largest absolute Gasteiger partial charge is 0.325 e. The minimum absolute atomic E-state index is 0.0118. The molecule has 1 N–H and O–H groups in total. The van der Waals surface area contributed by atoms with Crippen LogP contribution in [0, 0.1) is 5.41 Å². The average molecular weight is 198 g/mol. The summed E-state index contributed by atoms with van der Waals surface area (Å²) in [5, 5.41) is 3.30. The normalized spacial score (nSPS) is 28.6. The molecule has 0 aromatic rings. The number of hydrogen-bond acceptors (Lipinski definition) is 2. The van der Waals surface area contributed by atoms with Crippen LogP contribution in [0.15, 0.2) is 0 Å². The lowest BCUT2D eigenvalue weighted by Crippen LogP contribution is -2.41. The van der Waals surface area contributed by atoms with Crippen LogP contribution in [0.2, 0.25) is 0 Å². The quantitative estimate of drug-likeness (QED) is 0.731. The van der Waals surface area contributed by atoms with Gasteiger partial charge in [-0.3, -0.25) is 10.1 Å². The zero-order valence-electron chi connectivity index (χ0n) is 9.92. The second-order valence-corrected chi connectivity index (χ2v) is 5.34. The van der Waals surface area contributed by atoms with Crippen molar-refractivity contribution in [1.29, 1.82) is 0 Å². The molecule has 82 valence electrons. The Hall–Kier alpha value is -0.570. The highest BCUT2D eigenvalue weighted by atomic mass is 16.2. The van der Waals surface area contributed by atoms with E-state index in [2.05, 4.69) is 33.0 Å². The first-order valence-electron chi connectivity index (χ1n) is 5.41. The summed E-state index contributed by atoms with van der Waals surface area (Å²) in [6.45, 7) is 11.4. The number of carbonyl (C=O) groups excluding carboxylic acids is 1. The van der Waals surface area contributed by atoms with Crippen molar-refractivity contribution in [2.24, 2.45) is 5.41 Å². The van der Waals surface area contributed by atoms with E-state index in [-0.39, 0.29) is 23.5 Å². The summed E-state index contributed by atoms with van der Waals surface area (Å²) in [5.41, 5.74) is 0.175. The molecule has 0 aromatic heterocycles. The molecule has 0 saturated carbocycles. The third kappa shape index (κ3) is 2.47. The molecule has 0 spiro atoms. The third-order valence-corrected chi connectivity index (χ3v) is 2.50. The zero-order chi connectivity index (χ0) is 10.9. The molecule has 0 bridgehead atoms. The predicted molar refractivity (Wildman–Crippen MR) is 57.8 cm³/mol. The maximum atomic E-state index is 11.8. The second kappa shape index (κ2) is 3.89. The Morgan fingerprint density at radius 2 is 2.00 bits per heavy atom. The molecule has 3 nitrogen and oxygen atoms in total. The van der Waals surface area contributed by atoms with Crippen LogP contribution < -0.4 is 5.32 Å². The maximum Gasteiger partial charge on any atom is 0.240 e. The smallest absolute Gasteiger partial charge is 0.240 e. The molecule has 1 aliphatic heterocycles. The molecular formula is C11H22N2O. The van der Waals surface area contributed by atoms with Crippen LogP contribution in [0.4, 0.5) is 0 Å². The van der Waals surface area contributed by atoms with Gasteiger partial charge in [-0.15, -0.1) is 0 Å². The molecule has 1 fully saturated rings. The van der Waals surface area contributed by atoms with Gasteiger partial charge in [-0.2, -0.15) is 0 Å². The molecule has 1 aliphatic rings. The summed E-state index contributed by atoms with van der Waals surface area (Å²) >= 11 is 0. The number of rotatable bonds is 2. The summed E-state index contributed by atoms with van der Waals surface area (Å²) < 4.78 is 0. The lowest BCUT2D eigenvalue weighted by atomic mass is 9.96. The minimum atomic E-state index is -0.0118. The Morgan fingerprint density at radius 3 is 2.43 bits per heavy atom. The molecule has 1 saturated heterocycles. The summed E-state index contributed by atoms with van der Waals surface area (Å²) in [4.78, 5) is 13.8. The number of hydrogen-bond donors (Lipinski definition) is 1. The summed E-state index contributed by atoms with van der Waals surface area (Å²) in [5.74, 6) is 0.242. The first-order valence-corrected chi connectivity index (χ1v) is 5.41. The van der Waals surface area contributed by atoms with E-state index >= 15 is 0 Å². The highest BCUT2D eigenvalue weighted by molar-refractivity contribution is 5.83. The zero-order valence-corrected chi connectivity index (χ0v) is 9.92. The van der Waals surface area contributed by atoms with Gasteiger partial charge in [0.25, 0.3) is 0 Å². The van der Waals surface area contributed by atoms with Crippen LogP contribution in [0.25, 0.3) is 0 Å². The van der Waals surface area contributed by atoms with Crippen LogP contribution in [0.1, 0.15) is 41.0 Å². The van der Waals surface area contributed by atoms with Crippen LogP contribution in [-0.2, 0) is 4.79 Å². The molecule has 1 rings (SSSR count). The van der Waals surface area contributed by atoms with Gasteiger partial charge in [0.1, 0.15) is 0 Å². The van der Waals surface area contributed by atoms with Crippen molar-refractivity contribution in [1.82, 2.24) is 10.2 Å². The Morgan fingerprint density at radius 1 is 1.43 bits per heavy atom. The van der Waals surface area contributed by atoms with Crippen molar-refractivity contribution in [3.05, 3.63) is 0 Å². The number of nitrogens with one attached hydrogen (secondary N) is 1. The van der Waals surface area contributed by atoms with Crippen LogP contribution in [-0.4, -0.2) is 29.6 Å². The highest BCUT2D eigenvalue weighted by Gasteiger charge is 2.36. The van der Waals surface area contributed by atoms with Crippen LogP contribution in [0.5, 0.6) is 0 Å². The van der Waals surface area contributed by atoms with E-state index in [0.29, 0.717) is 0 Å². The number of carbonyl (C=O) groups is 1. The summed E-state index contributed by atoms with van der Waals surface area (Å²) in [7, 11) is 0. The van der Waals surface area contributed by atoms with E-state index in [1.165, 1.54) is 0 Å². The van der Waals surface area contributed by atoms with Gasteiger partial charge in [-0.25, -0.2) is 0 Å². The lowest BCUT2D eigenvalue weighted by molar-refractivity contribution is -0.131. The SMILES string of the molecule is CCC1NC(C)C(=O)N1CC(C)(C)C. The predicted octanol–water partition coefficient (Wildman–Crippen LogP) is 1.59. The first-order chi connectivity index (χ1) is 6.35. The molecular weight excluding hydrogens is 176 g/mol. The molecule has 1 heterocycles. The standard InChI is InChI=1S/C11H22N2O/c1-6-9-12-8(2)10(14)13(9)7-11(3,4)5/h8-9,12H,6-7H2,1-5H3. The molecule has 3 heteroatoms. The minimum Gasteiger partial charge on any atom is -0.325 e. The van der Waals surface area contributed by atoms with Crippen LogP contribution >= 0.6 is 0 Å². The first kappa shape index (κ1) is 11.5. The molecule has 2 atom stereocenters. The second-order valence-electron chi connectivity index (χ2n) is 5.34. The van der Waals surface area contributed by atoms with E-state index in [1.54, 1.807) is 0 Å². The van der Waals surface area contributed by atoms with Crippen molar-refractivity contribution >= 4 is 5.91 Å². The van der Waals surface area contributed by atoms with E-state index < -0.39 is 0 Å². The monoisotopic (exact) mass is 198 g/mol. The average Bonchev–Trinajstić information content (AvgIpc) is 2.30. The van der Waals surface area contributed by atoms with Gasteiger partial charge in [0.15, 0.2) is 0 Å². The van der Waals surface area contributed by atoms with Gasteiger partial charge in [-0.1, -0.05) is 27.7 Å². The highest BCUT2D eigenvalue weighted by Crippen LogP contribution is 2.21. The summed E-state index contributed by atoms with van der Waals surface area (Å²) in [6.07, 6.45) is 1.21. The van der Waals surface area contributed by atoms with E-state index in [4.69, 9.17) is 0 Å². The van der Waals surface area contributed by atoms with Gasteiger partial charge in [0.2, 0.25) is 5.91 Å². The van der Waals surface area contributed by atoms with E-state index in [9.17, 15) is 4.79 Å². The molecule has 2 unspecified atom stereocenters. The van der Waals surface area contributed by atoms with Gasteiger partial charge in [0, 0.05) is 6.54 Å². The fraction of sp³-hybridized carbons (Fsp3) is 0.909. The molecule has 0 aliphatic carbocycles. The molecule has 1 amide bonds. The Labute approximate surface area is 86.9 Å². The van der Waals surface area contributed by atoms with Crippen LogP contribution in [0.3, 0.4) is 0 Å². The molecule has 0 radical (unpaired) electrons. The maximum absolute atomic E-state index is 11.8. The topological polar surface area (TPSA) is 32.3 Å². The molecule has 14 heavy (non-hydrogen) atoms. The van der Waals surface area contributed by atoms with Gasteiger partial charge in [0.05, 0.1) is 12.2 Å². The fourth-order valence-electron chi connectivity index (χ4n) is 1.89. The van der Waals surface area contributed by atoms with Gasteiger partial charge < -0.3 is 4.90 Å². The van der Waals surface area contributed by atoms with Gasteiger partial charge in [-0.05, 0) is 18.8 Å². The molecule has 0 aromatic carbocycles. The van der Waals surface area contributed by atoms with Crippen molar-refractivity contribution < 1.29 is 4.79 Å². The number of amides is 1. The third-order valence-electron chi connectivity index (χ3n) is 2.50. The Bertz CT molecular complexity index is 220. The van der Waals surface area contributed by atoms with Crippen molar-refractivity contribution in [3.63, 3.8) is 0 Å². The van der Waals surface area contributed by atoms with Crippen molar-refractivity contribution in [2.45, 2.75) is 53.2 Å². The number of nitrogens with zero attached hydrogens (tertiary/aromatic N) is 1. The van der Waals surface area contributed by atoms with E-state index in [1.807, 2.05) is 11.8 Å². The lowest BCUT2D eigenvalue weighted by Gasteiger charge is -2.30. The van der Waals surface area contributed by atoms with Gasteiger partial charge >= 0.3 is 0 Å². The Balaban J connectivity index is 2.69. The Kier molecular flexibility index (Phi) is 3.20. The van der Waals surface area contributed by atoms with Crippen molar-refractivity contribution in [3.8, 4) is 0 Å².